The summed E-state index contributed by atoms with van der Waals surface area (Å²) in [6.07, 6.45) is -5.37. The van der Waals surface area contributed by atoms with Crippen LogP contribution in [0.4, 0.5) is 0 Å². The fourth-order valence-electron chi connectivity index (χ4n) is 3.90. The summed E-state index contributed by atoms with van der Waals surface area (Å²) >= 11 is 0. The van der Waals surface area contributed by atoms with E-state index in [1.807, 2.05) is 13.8 Å². The second-order valence-electron chi connectivity index (χ2n) is 9.93. The SMILES string of the molecule is CCCCC[C@@H](O)C[C@@H](O)CC(=O)O[C@@H](CCCCC)C[C@H](O)CC(=O)OC[C@H](O)[C@H](O)[C@H](O)[C@H](O)CO. The Balaban J connectivity index is 4.69. The number of rotatable bonds is 23. The third kappa shape index (κ3) is 17.3. The van der Waals surface area contributed by atoms with Gasteiger partial charge in [0.05, 0.1) is 37.8 Å². The van der Waals surface area contributed by atoms with Crippen LogP contribution in [0.25, 0.3) is 0 Å². The van der Waals surface area contributed by atoms with E-state index in [1.54, 1.807) is 0 Å². The van der Waals surface area contributed by atoms with Crippen LogP contribution in [-0.4, -0.2) is 115 Å². The van der Waals surface area contributed by atoms with Crippen molar-refractivity contribution in [2.24, 2.45) is 0 Å². The van der Waals surface area contributed by atoms with Crippen LogP contribution in [0.2, 0.25) is 0 Å². The zero-order valence-electron chi connectivity index (χ0n) is 22.7. The summed E-state index contributed by atoms with van der Waals surface area (Å²) in [5.74, 6) is -1.58. The van der Waals surface area contributed by atoms with Gasteiger partial charge >= 0.3 is 11.9 Å². The molecule has 0 radical (unpaired) electrons. The van der Waals surface area contributed by atoms with Gasteiger partial charge in [-0.3, -0.25) is 9.59 Å². The lowest BCUT2D eigenvalue weighted by molar-refractivity contribution is -0.159. The summed E-state index contributed by atoms with van der Waals surface area (Å²) in [4.78, 5) is 24.4. The number of unbranched alkanes of at least 4 members (excludes halogenated alkanes) is 4. The minimum atomic E-state index is -1.88. The molecule has 0 saturated heterocycles. The van der Waals surface area contributed by atoms with Crippen molar-refractivity contribution in [2.75, 3.05) is 13.2 Å². The van der Waals surface area contributed by atoms with Crippen LogP contribution in [0.1, 0.15) is 90.9 Å². The van der Waals surface area contributed by atoms with E-state index in [1.165, 1.54) is 0 Å². The summed E-state index contributed by atoms with van der Waals surface area (Å²) in [7, 11) is 0. The predicted molar refractivity (Wildman–Crippen MR) is 137 cm³/mol. The first-order valence-electron chi connectivity index (χ1n) is 13.7. The highest BCUT2D eigenvalue weighted by Gasteiger charge is 2.31. The van der Waals surface area contributed by atoms with Crippen LogP contribution in [-0.2, 0) is 19.1 Å². The van der Waals surface area contributed by atoms with E-state index in [0.717, 1.165) is 38.5 Å². The Hall–Kier alpha value is -1.38. The van der Waals surface area contributed by atoms with E-state index >= 15 is 0 Å². The van der Waals surface area contributed by atoms with Crippen molar-refractivity contribution in [1.82, 2.24) is 0 Å². The standard InChI is InChI=1S/C26H50O12/c1-3-5-7-9-17(28)11-18(29)14-24(34)38-20(10-8-6-4-2)12-19(30)13-23(33)37-16-22(32)26(36)25(35)21(31)15-27/h17-22,25-32,35-36H,3-16H2,1-2H3/t17-,18-,19+,20+,21-,22+,25-,26+/m1/s1. The summed E-state index contributed by atoms with van der Waals surface area (Å²) in [6.45, 7) is 2.48. The third-order valence-electron chi connectivity index (χ3n) is 6.19. The van der Waals surface area contributed by atoms with Crippen molar-refractivity contribution >= 4 is 11.9 Å². The normalized spacial score (nSPS) is 18.1. The van der Waals surface area contributed by atoms with E-state index in [4.69, 9.17) is 14.6 Å². The van der Waals surface area contributed by atoms with Gasteiger partial charge in [0.2, 0.25) is 0 Å². The van der Waals surface area contributed by atoms with Crippen molar-refractivity contribution in [2.45, 2.75) is 140 Å². The van der Waals surface area contributed by atoms with E-state index in [9.17, 15) is 45.3 Å². The Morgan fingerprint density at radius 1 is 0.658 bits per heavy atom. The molecule has 0 bridgehead atoms. The maximum atomic E-state index is 12.4. The lowest BCUT2D eigenvalue weighted by Gasteiger charge is -2.25. The number of hydrogen-bond donors (Lipinski definition) is 8. The number of hydrogen-bond acceptors (Lipinski definition) is 12. The zero-order chi connectivity index (χ0) is 29.1. The quantitative estimate of drug-likeness (QED) is 0.0603. The second kappa shape index (κ2) is 21.4. The fraction of sp³-hybridized carbons (Fsp3) is 0.923. The highest BCUT2D eigenvalue weighted by atomic mass is 16.6. The van der Waals surface area contributed by atoms with Gasteiger partial charge in [0.1, 0.15) is 37.1 Å². The number of esters is 2. The summed E-state index contributed by atoms with van der Waals surface area (Å²) in [6, 6.07) is 0. The fourth-order valence-corrected chi connectivity index (χ4v) is 3.90. The highest BCUT2D eigenvalue weighted by Crippen LogP contribution is 2.17. The number of ether oxygens (including phenoxy) is 2. The molecular formula is C26H50O12. The first kappa shape index (κ1) is 36.6. The Morgan fingerprint density at radius 2 is 1.18 bits per heavy atom. The number of aliphatic hydroxyl groups is 8. The van der Waals surface area contributed by atoms with Gasteiger partial charge in [0, 0.05) is 6.42 Å². The zero-order valence-corrected chi connectivity index (χ0v) is 22.7. The first-order valence-corrected chi connectivity index (χ1v) is 13.7. The van der Waals surface area contributed by atoms with Gasteiger partial charge in [-0.1, -0.05) is 46.0 Å². The molecule has 0 saturated carbocycles. The Bertz CT molecular complexity index is 619. The van der Waals surface area contributed by atoms with Crippen molar-refractivity contribution in [3.8, 4) is 0 Å². The van der Waals surface area contributed by atoms with Crippen molar-refractivity contribution < 1.29 is 59.9 Å². The van der Waals surface area contributed by atoms with Crippen LogP contribution in [0.5, 0.6) is 0 Å². The van der Waals surface area contributed by atoms with Gasteiger partial charge in [-0.05, 0) is 25.7 Å². The molecule has 0 fully saturated rings. The van der Waals surface area contributed by atoms with Gasteiger partial charge in [-0.2, -0.15) is 0 Å². The van der Waals surface area contributed by atoms with E-state index in [0.29, 0.717) is 12.8 Å². The molecule has 12 heteroatoms. The number of carbonyl (C=O) groups is 2. The van der Waals surface area contributed by atoms with Crippen molar-refractivity contribution in [3.63, 3.8) is 0 Å². The van der Waals surface area contributed by atoms with Crippen LogP contribution in [0.3, 0.4) is 0 Å². The molecule has 0 aromatic carbocycles. The second-order valence-corrected chi connectivity index (χ2v) is 9.93. The van der Waals surface area contributed by atoms with Crippen molar-refractivity contribution in [3.05, 3.63) is 0 Å². The maximum Gasteiger partial charge on any atom is 0.308 e. The first-order chi connectivity index (χ1) is 17.9. The molecular weight excluding hydrogens is 504 g/mol. The molecule has 0 unspecified atom stereocenters. The summed E-state index contributed by atoms with van der Waals surface area (Å²) in [5, 5.41) is 77.8. The lowest BCUT2D eigenvalue weighted by Crippen LogP contribution is -2.47. The predicted octanol–water partition coefficient (Wildman–Crippen LogP) is -0.319. The lowest BCUT2D eigenvalue weighted by atomic mass is 10.0. The van der Waals surface area contributed by atoms with Gasteiger partial charge < -0.3 is 50.3 Å². The van der Waals surface area contributed by atoms with Crippen LogP contribution < -0.4 is 0 Å². The maximum absolute atomic E-state index is 12.4. The van der Waals surface area contributed by atoms with Crippen LogP contribution in [0, 0.1) is 0 Å². The Kier molecular flexibility index (Phi) is 20.7. The Labute approximate surface area is 225 Å². The van der Waals surface area contributed by atoms with Crippen LogP contribution >= 0.6 is 0 Å². The largest absolute Gasteiger partial charge is 0.463 e. The molecule has 8 atom stereocenters. The van der Waals surface area contributed by atoms with Gasteiger partial charge in [0.25, 0.3) is 0 Å². The summed E-state index contributed by atoms with van der Waals surface area (Å²) in [5.41, 5.74) is 0. The number of carbonyl (C=O) groups excluding carboxylic acids is 2. The van der Waals surface area contributed by atoms with E-state index in [2.05, 4.69) is 0 Å². The summed E-state index contributed by atoms with van der Waals surface area (Å²) < 4.78 is 10.3. The minimum absolute atomic E-state index is 0.0598. The smallest absolute Gasteiger partial charge is 0.308 e. The van der Waals surface area contributed by atoms with Gasteiger partial charge in [0.15, 0.2) is 0 Å². The van der Waals surface area contributed by atoms with E-state index in [-0.39, 0.29) is 19.3 Å². The molecule has 0 aliphatic heterocycles. The van der Waals surface area contributed by atoms with Crippen LogP contribution in [0.15, 0.2) is 0 Å². The Morgan fingerprint density at radius 3 is 1.76 bits per heavy atom. The average molecular weight is 555 g/mol. The molecule has 12 nitrogen and oxygen atoms in total. The molecule has 0 aromatic rings. The number of aliphatic hydroxyl groups excluding tert-OH is 8. The van der Waals surface area contributed by atoms with Gasteiger partial charge in [-0.15, -0.1) is 0 Å². The molecule has 38 heavy (non-hydrogen) atoms. The molecule has 226 valence electrons. The highest BCUT2D eigenvalue weighted by molar-refractivity contribution is 5.70. The minimum Gasteiger partial charge on any atom is -0.463 e. The molecule has 0 amide bonds. The molecule has 0 spiro atoms. The molecule has 0 aliphatic carbocycles. The molecule has 0 aliphatic rings. The van der Waals surface area contributed by atoms with Gasteiger partial charge in [-0.25, -0.2) is 0 Å². The monoisotopic (exact) mass is 554 g/mol. The molecule has 0 heterocycles. The molecule has 0 aromatic heterocycles. The topological polar surface area (TPSA) is 214 Å². The molecule has 0 rings (SSSR count). The van der Waals surface area contributed by atoms with Crippen molar-refractivity contribution in [1.29, 1.82) is 0 Å². The average Bonchev–Trinajstić information content (AvgIpc) is 2.85. The molecule has 8 N–H and O–H groups in total. The van der Waals surface area contributed by atoms with E-state index < -0.39 is 80.4 Å². The third-order valence-corrected chi connectivity index (χ3v) is 6.19.